The molecule has 0 unspecified atom stereocenters. The van der Waals surface area contributed by atoms with E-state index < -0.39 is 0 Å². The minimum absolute atomic E-state index is 0.647. The van der Waals surface area contributed by atoms with Crippen molar-refractivity contribution in [2.45, 2.75) is 25.7 Å². The van der Waals surface area contributed by atoms with Gasteiger partial charge in [-0.2, -0.15) is 0 Å². The summed E-state index contributed by atoms with van der Waals surface area (Å²) in [5, 5.41) is 6.62. The monoisotopic (exact) mass is 113 g/mol. The second-order valence-electron chi connectivity index (χ2n) is 1.66. The predicted molar refractivity (Wildman–Crippen MR) is 33.3 cm³/mol. The maximum absolute atomic E-state index is 9.71. The van der Waals surface area contributed by atoms with Crippen LogP contribution in [0.3, 0.4) is 0 Å². The van der Waals surface area contributed by atoms with Gasteiger partial charge in [-0.1, -0.05) is 0 Å². The highest BCUT2D eigenvalue weighted by atomic mass is 16.1. The normalized spacial score (nSPS) is 8.50. The minimum Gasteiger partial charge on any atom is -0.313 e. The second kappa shape index (κ2) is 6.34. The molecule has 2 nitrogen and oxygen atoms in total. The minimum atomic E-state index is 0.647. The molecule has 0 rings (SSSR count). The molecule has 0 aromatic rings. The van der Waals surface area contributed by atoms with Crippen LogP contribution in [0.5, 0.6) is 0 Å². The predicted octanol–water partition coefficient (Wildman–Crippen LogP) is 1.40. The van der Waals surface area contributed by atoms with Gasteiger partial charge in [-0.15, -0.1) is 0 Å². The summed E-state index contributed by atoms with van der Waals surface area (Å²) in [5.41, 5.74) is 0. The van der Waals surface area contributed by atoms with Crippen molar-refractivity contribution in [1.82, 2.24) is 0 Å². The Hall–Kier alpha value is -0.660. The van der Waals surface area contributed by atoms with Crippen LogP contribution in [0, 0.1) is 5.41 Å². The number of hydrogen-bond donors (Lipinski definition) is 1. The fourth-order valence-corrected chi connectivity index (χ4v) is 0.474. The molecule has 0 aromatic heterocycles. The van der Waals surface area contributed by atoms with Crippen LogP contribution in [0.4, 0.5) is 0 Å². The van der Waals surface area contributed by atoms with Crippen LogP contribution in [0.25, 0.3) is 0 Å². The largest absolute Gasteiger partial charge is 0.313 e. The summed E-state index contributed by atoms with van der Waals surface area (Å²) in [7, 11) is 0. The zero-order chi connectivity index (χ0) is 6.24. The Morgan fingerprint density at radius 3 is 2.38 bits per heavy atom. The van der Waals surface area contributed by atoms with Gasteiger partial charge >= 0.3 is 0 Å². The highest BCUT2D eigenvalue weighted by Crippen LogP contribution is 1.93. The second-order valence-corrected chi connectivity index (χ2v) is 1.66. The molecule has 0 fully saturated rings. The van der Waals surface area contributed by atoms with E-state index in [1.54, 1.807) is 0 Å². The lowest BCUT2D eigenvalue weighted by atomic mass is 10.2. The highest BCUT2D eigenvalue weighted by Gasteiger charge is 1.82. The third kappa shape index (κ3) is 5.34. The topological polar surface area (TPSA) is 40.9 Å². The van der Waals surface area contributed by atoms with Crippen molar-refractivity contribution < 1.29 is 4.79 Å². The molecule has 0 aromatic carbocycles. The smallest absolute Gasteiger partial charge is 0.119 e. The first-order chi connectivity index (χ1) is 3.91. The molecule has 0 amide bonds. The van der Waals surface area contributed by atoms with Crippen LogP contribution < -0.4 is 0 Å². The summed E-state index contributed by atoms with van der Waals surface area (Å²) in [4.78, 5) is 9.71. The Bertz CT molecular complexity index is 60.9. The van der Waals surface area contributed by atoms with Crippen molar-refractivity contribution in [2.75, 3.05) is 0 Å². The summed E-state index contributed by atoms with van der Waals surface area (Å²) in [6, 6.07) is 0. The van der Waals surface area contributed by atoms with Crippen LogP contribution in [-0.4, -0.2) is 12.5 Å². The fourth-order valence-electron chi connectivity index (χ4n) is 0.474. The SMILES string of the molecule is N=CCCCCC=O. The van der Waals surface area contributed by atoms with Gasteiger partial charge in [-0.25, -0.2) is 0 Å². The summed E-state index contributed by atoms with van der Waals surface area (Å²) >= 11 is 0. The van der Waals surface area contributed by atoms with Crippen molar-refractivity contribution in [1.29, 1.82) is 5.41 Å². The standard InChI is InChI=1S/C6H11NO/c7-5-3-1-2-4-6-8/h5-7H,1-4H2. The first-order valence-corrected chi connectivity index (χ1v) is 2.84. The number of hydrogen-bond acceptors (Lipinski definition) is 2. The third-order valence-corrected chi connectivity index (χ3v) is 0.920. The van der Waals surface area contributed by atoms with Crippen LogP contribution in [0.1, 0.15) is 25.7 Å². The van der Waals surface area contributed by atoms with Gasteiger partial charge in [0, 0.05) is 6.42 Å². The number of carbonyl (C=O) groups is 1. The molecular weight excluding hydrogens is 102 g/mol. The number of unbranched alkanes of at least 4 members (excludes halogenated alkanes) is 3. The molecule has 0 spiro atoms. The van der Waals surface area contributed by atoms with Gasteiger partial charge in [0.15, 0.2) is 0 Å². The Morgan fingerprint density at radius 1 is 1.25 bits per heavy atom. The molecule has 1 N–H and O–H groups in total. The molecule has 2 heteroatoms. The van der Waals surface area contributed by atoms with Crippen LogP contribution >= 0.6 is 0 Å². The van der Waals surface area contributed by atoms with Crippen molar-refractivity contribution >= 4 is 12.5 Å². The van der Waals surface area contributed by atoms with E-state index in [-0.39, 0.29) is 0 Å². The summed E-state index contributed by atoms with van der Waals surface area (Å²) in [6.07, 6.45) is 5.66. The molecule has 0 aliphatic carbocycles. The fraction of sp³-hybridized carbons (Fsp3) is 0.667. The molecule has 0 bridgehead atoms. The zero-order valence-electron chi connectivity index (χ0n) is 4.89. The molecule has 46 valence electrons. The number of carbonyl (C=O) groups excluding carboxylic acids is 1. The molecule has 8 heavy (non-hydrogen) atoms. The lowest BCUT2D eigenvalue weighted by Crippen LogP contribution is -1.77. The molecule has 0 saturated heterocycles. The molecular formula is C6H11NO. The summed E-state index contributed by atoms with van der Waals surface area (Å²) < 4.78 is 0. The van der Waals surface area contributed by atoms with Crippen LogP contribution in [-0.2, 0) is 4.79 Å². The third-order valence-electron chi connectivity index (χ3n) is 0.920. The van der Waals surface area contributed by atoms with E-state index in [1.807, 2.05) is 0 Å². The van der Waals surface area contributed by atoms with E-state index in [4.69, 9.17) is 5.41 Å². The molecule has 0 heterocycles. The maximum Gasteiger partial charge on any atom is 0.119 e. The average molecular weight is 113 g/mol. The maximum atomic E-state index is 9.71. The quantitative estimate of drug-likeness (QED) is 0.327. The molecule has 0 saturated carbocycles. The van der Waals surface area contributed by atoms with E-state index in [2.05, 4.69) is 0 Å². The van der Waals surface area contributed by atoms with Crippen molar-refractivity contribution in [3.63, 3.8) is 0 Å². The van der Waals surface area contributed by atoms with Gasteiger partial charge in [0.05, 0.1) is 0 Å². The lowest BCUT2D eigenvalue weighted by molar-refractivity contribution is -0.107. The van der Waals surface area contributed by atoms with Gasteiger partial charge in [-0.05, 0) is 25.5 Å². The van der Waals surface area contributed by atoms with Gasteiger partial charge in [0.25, 0.3) is 0 Å². The van der Waals surface area contributed by atoms with E-state index in [9.17, 15) is 4.79 Å². The van der Waals surface area contributed by atoms with E-state index in [0.717, 1.165) is 25.5 Å². The van der Waals surface area contributed by atoms with E-state index in [1.165, 1.54) is 6.21 Å². The molecule has 0 radical (unpaired) electrons. The first kappa shape index (κ1) is 7.34. The summed E-state index contributed by atoms with van der Waals surface area (Å²) in [5.74, 6) is 0. The highest BCUT2D eigenvalue weighted by molar-refractivity contribution is 5.53. The van der Waals surface area contributed by atoms with Gasteiger partial charge in [0.2, 0.25) is 0 Å². The van der Waals surface area contributed by atoms with Gasteiger partial charge < -0.3 is 10.2 Å². The lowest BCUT2D eigenvalue weighted by Gasteiger charge is -1.86. The first-order valence-electron chi connectivity index (χ1n) is 2.84. The Morgan fingerprint density at radius 2 is 1.88 bits per heavy atom. The molecule has 0 aliphatic rings. The number of aldehydes is 1. The molecule has 0 aliphatic heterocycles. The number of nitrogens with one attached hydrogen (secondary N) is 1. The number of rotatable bonds is 5. The average Bonchev–Trinajstić information content (AvgIpc) is 1.81. The Kier molecular flexibility index (Phi) is 5.82. The van der Waals surface area contributed by atoms with Crippen molar-refractivity contribution in [3.8, 4) is 0 Å². The van der Waals surface area contributed by atoms with Crippen molar-refractivity contribution in [3.05, 3.63) is 0 Å². The van der Waals surface area contributed by atoms with E-state index >= 15 is 0 Å². The Balaban J connectivity index is 2.71. The van der Waals surface area contributed by atoms with E-state index in [0.29, 0.717) is 6.42 Å². The van der Waals surface area contributed by atoms with Crippen LogP contribution in [0.2, 0.25) is 0 Å². The van der Waals surface area contributed by atoms with Gasteiger partial charge in [0.1, 0.15) is 6.29 Å². The van der Waals surface area contributed by atoms with Crippen molar-refractivity contribution in [2.24, 2.45) is 0 Å². The molecule has 0 atom stereocenters. The zero-order valence-corrected chi connectivity index (χ0v) is 4.89. The van der Waals surface area contributed by atoms with Gasteiger partial charge in [-0.3, -0.25) is 0 Å². The summed E-state index contributed by atoms with van der Waals surface area (Å²) in [6.45, 7) is 0. The Labute approximate surface area is 49.4 Å². The van der Waals surface area contributed by atoms with Crippen LogP contribution in [0.15, 0.2) is 0 Å².